The van der Waals surface area contributed by atoms with Crippen LogP contribution in [0.5, 0.6) is 0 Å². The zero-order valence-corrected chi connectivity index (χ0v) is 8.16. The smallest absolute Gasteiger partial charge is 0.222 e. The molecule has 6 nitrogen and oxygen atoms in total. The summed E-state index contributed by atoms with van der Waals surface area (Å²) in [6.07, 6.45) is 0.464. The van der Waals surface area contributed by atoms with Gasteiger partial charge in [0.2, 0.25) is 5.91 Å². The van der Waals surface area contributed by atoms with E-state index < -0.39 is 0 Å². The molecule has 0 bridgehead atoms. The molecule has 0 spiro atoms. The number of nitrogens with one attached hydrogen (secondary N) is 2. The van der Waals surface area contributed by atoms with E-state index >= 15 is 0 Å². The standard InChI is InChI=1S/C9H13N5O/c10-6-1-2-7(14-9(6)11)13-5-3-8(15)12-4-5/h1-2,5H,3-4,10H2,(H,12,15)(H3,11,13,14). The van der Waals surface area contributed by atoms with Gasteiger partial charge in [0.1, 0.15) is 11.6 Å². The first-order chi connectivity index (χ1) is 7.15. The minimum absolute atomic E-state index is 0.0518. The van der Waals surface area contributed by atoms with Crippen LogP contribution in [0.15, 0.2) is 12.1 Å². The number of nitrogens with two attached hydrogens (primary N) is 2. The lowest BCUT2D eigenvalue weighted by Gasteiger charge is -2.11. The summed E-state index contributed by atoms with van der Waals surface area (Å²) in [4.78, 5) is 15.0. The Morgan fingerprint density at radius 1 is 1.47 bits per heavy atom. The number of carbonyl (C=O) groups is 1. The lowest BCUT2D eigenvalue weighted by molar-refractivity contribution is -0.119. The van der Waals surface area contributed by atoms with E-state index in [1.807, 2.05) is 0 Å². The van der Waals surface area contributed by atoms with Crippen LogP contribution >= 0.6 is 0 Å². The Hall–Kier alpha value is -1.98. The predicted octanol–water partition coefficient (Wildman–Crippen LogP) is -0.454. The average Bonchev–Trinajstić information content (AvgIpc) is 2.58. The Bertz CT molecular complexity index is 392. The molecule has 6 N–H and O–H groups in total. The SMILES string of the molecule is Nc1ccc(NC2CNC(=O)C2)nc1N. The second kappa shape index (κ2) is 3.64. The van der Waals surface area contributed by atoms with Gasteiger partial charge in [0.25, 0.3) is 0 Å². The number of anilines is 3. The van der Waals surface area contributed by atoms with E-state index in [-0.39, 0.29) is 11.9 Å². The molecule has 1 fully saturated rings. The van der Waals surface area contributed by atoms with Crippen molar-refractivity contribution in [2.75, 3.05) is 23.3 Å². The second-order valence-corrected chi connectivity index (χ2v) is 3.52. The number of rotatable bonds is 2. The summed E-state index contributed by atoms with van der Waals surface area (Å²) in [5.41, 5.74) is 11.6. The molecular weight excluding hydrogens is 194 g/mol. The molecule has 1 aliphatic rings. The van der Waals surface area contributed by atoms with Gasteiger partial charge in [-0.1, -0.05) is 0 Å². The van der Waals surface area contributed by atoms with Gasteiger partial charge in [-0.3, -0.25) is 4.79 Å². The molecule has 1 saturated heterocycles. The Morgan fingerprint density at radius 3 is 2.87 bits per heavy atom. The Balaban J connectivity index is 2.05. The molecule has 1 aliphatic heterocycles. The first-order valence-corrected chi connectivity index (χ1v) is 4.70. The fraction of sp³-hybridized carbons (Fsp3) is 0.333. The van der Waals surface area contributed by atoms with Crippen LogP contribution in [0.3, 0.4) is 0 Å². The van der Waals surface area contributed by atoms with E-state index in [4.69, 9.17) is 11.5 Å². The summed E-state index contributed by atoms with van der Waals surface area (Å²) in [5, 5.41) is 5.84. The topological polar surface area (TPSA) is 106 Å². The zero-order valence-electron chi connectivity index (χ0n) is 8.16. The number of aromatic nitrogens is 1. The molecule has 1 aromatic heterocycles. The number of nitrogen functional groups attached to an aromatic ring is 2. The molecule has 1 amide bonds. The molecule has 1 aromatic rings. The third-order valence-electron chi connectivity index (χ3n) is 2.29. The van der Waals surface area contributed by atoms with Gasteiger partial charge in [0, 0.05) is 13.0 Å². The predicted molar refractivity (Wildman–Crippen MR) is 58.1 cm³/mol. The minimum atomic E-state index is 0.0518. The van der Waals surface area contributed by atoms with Crippen LogP contribution in [-0.2, 0) is 4.79 Å². The Kier molecular flexibility index (Phi) is 2.32. The van der Waals surface area contributed by atoms with Crippen LogP contribution in [0.4, 0.5) is 17.3 Å². The van der Waals surface area contributed by atoms with Crippen molar-refractivity contribution in [1.82, 2.24) is 10.3 Å². The van der Waals surface area contributed by atoms with Crippen LogP contribution in [0, 0.1) is 0 Å². The summed E-state index contributed by atoms with van der Waals surface area (Å²) >= 11 is 0. The van der Waals surface area contributed by atoms with Gasteiger partial charge in [0.15, 0.2) is 0 Å². The molecule has 0 saturated carbocycles. The molecule has 0 aliphatic carbocycles. The second-order valence-electron chi connectivity index (χ2n) is 3.52. The fourth-order valence-corrected chi connectivity index (χ4v) is 1.48. The van der Waals surface area contributed by atoms with Crippen molar-refractivity contribution in [1.29, 1.82) is 0 Å². The van der Waals surface area contributed by atoms with Crippen LogP contribution in [0.2, 0.25) is 0 Å². The number of pyridine rings is 1. The molecule has 1 unspecified atom stereocenters. The zero-order chi connectivity index (χ0) is 10.8. The fourth-order valence-electron chi connectivity index (χ4n) is 1.48. The van der Waals surface area contributed by atoms with Crippen molar-refractivity contribution in [2.45, 2.75) is 12.5 Å². The number of carbonyl (C=O) groups excluding carboxylic acids is 1. The quantitative estimate of drug-likeness (QED) is 0.525. The van der Waals surface area contributed by atoms with Gasteiger partial charge < -0.3 is 22.1 Å². The van der Waals surface area contributed by atoms with Gasteiger partial charge in [-0.05, 0) is 12.1 Å². The molecule has 1 atom stereocenters. The highest BCUT2D eigenvalue weighted by atomic mass is 16.1. The molecule has 6 heteroatoms. The highest BCUT2D eigenvalue weighted by molar-refractivity contribution is 5.79. The average molecular weight is 207 g/mol. The molecule has 80 valence electrons. The van der Waals surface area contributed by atoms with Crippen molar-refractivity contribution in [3.8, 4) is 0 Å². The van der Waals surface area contributed by atoms with Crippen molar-refractivity contribution in [2.24, 2.45) is 0 Å². The van der Waals surface area contributed by atoms with E-state index in [9.17, 15) is 4.79 Å². The number of nitrogens with zero attached hydrogens (tertiary/aromatic N) is 1. The summed E-state index contributed by atoms with van der Waals surface area (Å²) in [7, 11) is 0. The maximum Gasteiger partial charge on any atom is 0.222 e. The highest BCUT2D eigenvalue weighted by Gasteiger charge is 2.21. The summed E-state index contributed by atoms with van der Waals surface area (Å²) in [6.45, 7) is 0.616. The number of amides is 1. The van der Waals surface area contributed by atoms with Gasteiger partial charge in [0.05, 0.1) is 11.7 Å². The lowest BCUT2D eigenvalue weighted by atomic mass is 10.2. The van der Waals surface area contributed by atoms with Crippen LogP contribution < -0.4 is 22.1 Å². The minimum Gasteiger partial charge on any atom is -0.396 e. The van der Waals surface area contributed by atoms with E-state index in [0.29, 0.717) is 30.3 Å². The highest BCUT2D eigenvalue weighted by Crippen LogP contribution is 2.16. The maximum absolute atomic E-state index is 10.9. The Labute approximate surface area is 87.0 Å². The first kappa shape index (κ1) is 9.57. The molecule has 15 heavy (non-hydrogen) atoms. The van der Waals surface area contributed by atoms with Crippen LogP contribution in [-0.4, -0.2) is 23.5 Å². The van der Waals surface area contributed by atoms with Gasteiger partial charge in [-0.15, -0.1) is 0 Å². The number of hydrogen-bond donors (Lipinski definition) is 4. The number of hydrogen-bond acceptors (Lipinski definition) is 5. The first-order valence-electron chi connectivity index (χ1n) is 4.70. The van der Waals surface area contributed by atoms with Gasteiger partial charge in [-0.2, -0.15) is 0 Å². The monoisotopic (exact) mass is 207 g/mol. The molecule has 2 rings (SSSR count). The largest absolute Gasteiger partial charge is 0.396 e. The van der Waals surface area contributed by atoms with Crippen LogP contribution in [0.25, 0.3) is 0 Å². The summed E-state index contributed by atoms with van der Waals surface area (Å²) in [5.74, 6) is 0.997. The van der Waals surface area contributed by atoms with Gasteiger partial charge >= 0.3 is 0 Å². The third-order valence-corrected chi connectivity index (χ3v) is 2.29. The van der Waals surface area contributed by atoms with Crippen molar-refractivity contribution in [3.05, 3.63) is 12.1 Å². The normalized spacial score (nSPS) is 20.0. The van der Waals surface area contributed by atoms with E-state index in [2.05, 4.69) is 15.6 Å². The van der Waals surface area contributed by atoms with Crippen LogP contribution in [0.1, 0.15) is 6.42 Å². The van der Waals surface area contributed by atoms with Crippen molar-refractivity contribution >= 4 is 23.2 Å². The van der Waals surface area contributed by atoms with E-state index in [1.54, 1.807) is 12.1 Å². The van der Waals surface area contributed by atoms with Gasteiger partial charge in [-0.25, -0.2) is 4.98 Å². The molecule has 0 aromatic carbocycles. The lowest BCUT2D eigenvalue weighted by Crippen LogP contribution is -2.23. The van der Waals surface area contributed by atoms with E-state index in [0.717, 1.165) is 0 Å². The Morgan fingerprint density at radius 2 is 2.27 bits per heavy atom. The molecular formula is C9H13N5O. The van der Waals surface area contributed by atoms with Crippen molar-refractivity contribution in [3.63, 3.8) is 0 Å². The maximum atomic E-state index is 10.9. The molecule has 2 heterocycles. The summed E-state index contributed by atoms with van der Waals surface area (Å²) < 4.78 is 0. The third kappa shape index (κ3) is 2.09. The van der Waals surface area contributed by atoms with Crippen molar-refractivity contribution < 1.29 is 4.79 Å². The molecule has 0 radical (unpaired) electrons. The summed E-state index contributed by atoms with van der Waals surface area (Å²) in [6, 6.07) is 3.51. The van der Waals surface area contributed by atoms with E-state index in [1.165, 1.54) is 0 Å².